The molecule has 0 atom stereocenters. The van der Waals surface area contributed by atoms with Gasteiger partial charge in [0.1, 0.15) is 5.82 Å². The topological polar surface area (TPSA) is 40.7 Å². The first-order valence-corrected chi connectivity index (χ1v) is 6.78. The Bertz CT molecular complexity index is 526. The van der Waals surface area contributed by atoms with Gasteiger partial charge in [-0.3, -0.25) is 0 Å². The number of nitrogens with zero attached hydrogens (tertiary/aromatic N) is 1. The quantitative estimate of drug-likeness (QED) is 0.907. The van der Waals surface area contributed by atoms with E-state index in [-0.39, 0.29) is 5.54 Å². The molecule has 1 aromatic heterocycles. The zero-order valence-electron chi connectivity index (χ0n) is 10.9. The number of nitrogens with one attached hydrogen (secondary N) is 2. The van der Waals surface area contributed by atoms with E-state index in [0.717, 1.165) is 28.1 Å². The second-order valence-corrected chi connectivity index (χ2v) is 6.27. The molecule has 2 rings (SSSR count). The maximum Gasteiger partial charge on any atom is 0.120 e. The van der Waals surface area contributed by atoms with E-state index in [4.69, 9.17) is 0 Å². The number of imidazole rings is 1. The van der Waals surface area contributed by atoms with Gasteiger partial charge in [0.2, 0.25) is 0 Å². The number of aromatic amines is 1. The summed E-state index contributed by atoms with van der Waals surface area (Å²) in [6.07, 6.45) is 1.88. The van der Waals surface area contributed by atoms with Crippen molar-refractivity contribution in [2.24, 2.45) is 0 Å². The molecule has 0 amide bonds. The Morgan fingerprint density at radius 2 is 2.11 bits per heavy atom. The summed E-state index contributed by atoms with van der Waals surface area (Å²) in [4.78, 5) is 7.73. The van der Waals surface area contributed by atoms with Crippen molar-refractivity contribution in [3.8, 4) is 11.3 Å². The van der Waals surface area contributed by atoms with Crippen LogP contribution in [-0.2, 0) is 6.54 Å². The fourth-order valence-electron chi connectivity index (χ4n) is 1.60. The minimum atomic E-state index is 0.0999. The van der Waals surface area contributed by atoms with Gasteiger partial charge in [-0.2, -0.15) is 0 Å². The molecule has 0 unspecified atom stereocenters. The van der Waals surface area contributed by atoms with Crippen molar-refractivity contribution >= 4 is 15.9 Å². The largest absolute Gasteiger partial charge is 0.341 e. The first-order chi connectivity index (χ1) is 8.44. The predicted molar refractivity (Wildman–Crippen MR) is 78.3 cm³/mol. The minimum absolute atomic E-state index is 0.0999. The Hall–Kier alpha value is -1.13. The zero-order valence-corrected chi connectivity index (χ0v) is 12.5. The third-order valence-electron chi connectivity index (χ3n) is 2.55. The molecule has 0 aliphatic rings. The van der Waals surface area contributed by atoms with E-state index in [0.29, 0.717) is 0 Å². The van der Waals surface area contributed by atoms with Gasteiger partial charge in [-0.05, 0) is 32.9 Å². The lowest BCUT2D eigenvalue weighted by Crippen LogP contribution is -2.35. The molecule has 2 N–H and O–H groups in total. The fourth-order valence-corrected chi connectivity index (χ4v) is 2.00. The van der Waals surface area contributed by atoms with Gasteiger partial charge >= 0.3 is 0 Å². The molecule has 2 aromatic rings. The van der Waals surface area contributed by atoms with E-state index in [1.165, 1.54) is 0 Å². The van der Waals surface area contributed by atoms with Crippen LogP contribution in [0.15, 0.2) is 34.9 Å². The summed E-state index contributed by atoms with van der Waals surface area (Å²) in [5.74, 6) is 0.958. The fraction of sp³-hybridized carbons (Fsp3) is 0.357. The van der Waals surface area contributed by atoms with Gasteiger partial charge in [0.15, 0.2) is 0 Å². The number of hydrogen-bond donors (Lipinski definition) is 2. The van der Waals surface area contributed by atoms with Crippen LogP contribution < -0.4 is 5.32 Å². The summed E-state index contributed by atoms with van der Waals surface area (Å²) in [6, 6.07) is 8.18. The smallest absolute Gasteiger partial charge is 0.120 e. The molecule has 0 aliphatic heterocycles. The van der Waals surface area contributed by atoms with Crippen molar-refractivity contribution in [1.29, 1.82) is 0 Å². The summed E-state index contributed by atoms with van der Waals surface area (Å²) >= 11 is 3.48. The first-order valence-electron chi connectivity index (χ1n) is 5.99. The van der Waals surface area contributed by atoms with E-state index >= 15 is 0 Å². The highest BCUT2D eigenvalue weighted by Gasteiger charge is 2.10. The average molecular weight is 308 g/mol. The number of aromatic nitrogens is 2. The summed E-state index contributed by atoms with van der Waals surface area (Å²) in [7, 11) is 0. The van der Waals surface area contributed by atoms with Gasteiger partial charge in [-0.25, -0.2) is 4.98 Å². The van der Waals surface area contributed by atoms with Gasteiger partial charge < -0.3 is 10.3 Å². The van der Waals surface area contributed by atoms with Gasteiger partial charge in [-0.15, -0.1) is 0 Å². The van der Waals surface area contributed by atoms with Crippen molar-refractivity contribution in [2.45, 2.75) is 32.9 Å². The number of benzene rings is 1. The van der Waals surface area contributed by atoms with Crippen LogP contribution in [0.1, 0.15) is 26.6 Å². The van der Waals surface area contributed by atoms with Crippen LogP contribution >= 0.6 is 15.9 Å². The molecule has 96 valence electrons. The normalized spacial score (nSPS) is 11.8. The molecule has 0 fully saturated rings. The molecule has 1 aromatic carbocycles. The molecule has 0 saturated heterocycles. The molecule has 0 bridgehead atoms. The minimum Gasteiger partial charge on any atom is -0.341 e. The maximum atomic E-state index is 4.39. The maximum absolute atomic E-state index is 4.39. The Morgan fingerprint density at radius 1 is 1.33 bits per heavy atom. The third-order valence-corrected chi connectivity index (χ3v) is 3.04. The Morgan fingerprint density at radius 3 is 2.78 bits per heavy atom. The van der Waals surface area contributed by atoms with E-state index in [9.17, 15) is 0 Å². The van der Waals surface area contributed by atoms with Gasteiger partial charge in [-0.1, -0.05) is 28.1 Å². The van der Waals surface area contributed by atoms with E-state index in [1.807, 2.05) is 18.3 Å². The van der Waals surface area contributed by atoms with Gasteiger partial charge in [0.05, 0.1) is 18.4 Å². The van der Waals surface area contributed by atoms with Crippen molar-refractivity contribution in [1.82, 2.24) is 15.3 Å². The molecule has 18 heavy (non-hydrogen) atoms. The van der Waals surface area contributed by atoms with Crippen molar-refractivity contribution < 1.29 is 0 Å². The first kappa shape index (κ1) is 13.3. The van der Waals surface area contributed by atoms with Crippen LogP contribution in [0.4, 0.5) is 0 Å². The van der Waals surface area contributed by atoms with E-state index in [2.05, 4.69) is 64.1 Å². The van der Waals surface area contributed by atoms with E-state index in [1.54, 1.807) is 0 Å². The van der Waals surface area contributed by atoms with Crippen molar-refractivity contribution in [2.75, 3.05) is 0 Å². The third kappa shape index (κ3) is 3.68. The second kappa shape index (κ2) is 5.24. The highest BCUT2D eigenvalue weighted by molar-refractivity contribution is 9.10. The SMILES string of the molecule is CC(C)(C)NCc1ncc(-c2cccc(Br)c2)[nH]1. The van der Waals surface area contributed by atoms with Crippen LogP contribution in [0, 0.1) is 0 Å². The number of hydrogen-bond acceptors (Lipinski definition) is 2. The van der Waals surface area contributed by atoms with E-state index < -0.39 is 0 Å². The highest BCUT2D eigenvalue weighted by atomic mass is 79.9. The summed E-state index contributed by atoms with van der Waals surface area (Å²) < 4.78 is 1.07. The lowest BCUT2D eigenvalue weighted by atomic mass is 10.1. The Labute approximate surface area is 116 Å². The number of halogens is 1. The van der Waals surface area contributed by atoms with Crippen LogP contribution in [0.25, 0.3) is 11.3 Å². The van der Waals surface area contributed by atoms with Crippen LogP contribution in [0.5, 0.6) is 0 Å². The molecule has 0 radical (unpaired) electrons. The Kier molecular flexibility index (Phi) is 3.88. The van der Waals surface area contributed by atoms with Gasteiger partial charge in [0.25, 0.3) is 0 Å². The zero-order chi connectivity index (χ0) is 13.2. The molecule has 0 aliphatic carbocycles. The monoisotopic (exact) mass is 307 g/mol. The summed E-state index contributed by atoms with van der Waals surface area (Å²) in [6.45, 7) is 7.18. The van der Waals surface area contributed by atoms with Crippen LogP contribution in [-0.4, -0.2) is 15.5 Å². The van der Waals surface area contributed by atoms with Crippen molar-refractivity contribution in [3.63, 3.8) is 0 Å². The summed E-state index contributed by atoms with van der Waals surface area (Å²) in [5, 5.41) is 3.41. The molecule has 1 heterocycles. The molecule has 4 heteroatoms. The number of rotatable bonds is 3. The number of H-pyrrole nitrogens is 1. The van der Waals surface area contributed by atoms with Crippen LogP contribution in [0.3, 0.4) is 0 Å². The standard InChI is InChI=1S/C14H18BrN3/c1-14(2,3)17-9-13-16-8-12(18-13)10-5-4-6-11(15)7-10/h4-8,17H,9H2,1-3H3,(H,16,18). The molecule has 0 saturated carbocycles. The predicted octanol–water partition coefficient (Wildman–Crippen LogP) is 3.73. The van der Waals surface area contributed by atoms with Gasteiger partial charge in [0, 0.05) is 15.6 Å². The molecular weight excluding hydrogens is 290 g/mol. The summed E-state index contributed by atoms with van der Waals surface area (Å²) in [5.41, 5.74) is 2.28. The Balaban J connectivity index is 2.11. The average Bonchev–Trinajstić information content (AvgIpc) is 2.74. The lowest BCUT2D eigenvalue weighted by molar-refractivity contribution is 0.418. The van der Waals surface area contributed by atoms with Crippen molar-refractivity contribution in [3.05, 3.63) is 40.8 Å². The second-order valence-electron chi connectivity index (χ2n) is 5.36. The molecule has 0 spiro atoms. The molecular formula is C14H18BrN3. The highest BCUT2D eigenvalue weighted by Crippen LogP contribution is 2.21. The lowest BCUT2D eigenvalue weighted by Gasteiger charge is -2.19. The molecule has 3 nitrogen and oxygen atoms in total. The van der Waals surface area contributed by atoms with Crippen LogP contribution in [0.2, 0.25) is 0 Å².